The van der Waals surface area contributed by atoms with Crippen molar-refractivity contribution in [3.8, 4) is 0 Å². The highest BCUT2D eigenvalue weighted by Gasteiger charge is 2.23. The van der Waals surface area contributed by atoms with E-state index in [1.165, 1.54) is 6.07 Å². The summed E-state index contributed by atoms with van der Waals surface area (Å²) < 4.78 is 25.0. The molecule has 1 aromatic rings. The number of aliphatic hydroxyl groups is 1. The number of amides is 1. The molecule has 21 heavy (non-hydrogen) atoms. The van der Waals surface area contributed by atoms with E-state index in [1.807, 2.05) is 6.92 Å². The number of hydrogen-bond donors (Lipinski definition) is 2. The highest BCUT2D eigenvalue weighted by atomic mass is 35.5. The predicted molar refractivity (Wildman–Crippen MR) is 77.0 cm³/mol. The van der Waals surface area contributed by atoms with Crippen LogP contribution in [-0.2, 0) is 0 Å². The van der Waals surface area contributed by atoms with E-state index in [0.717, 1.165) is 11.3 Å². The van der Waals surface area contributed by atoms with Crippen LogP contribution in [0.5, 0.6) is 0 Å². The van der Waals surface area contributed by atoms with Crippen LogP contribution in [0.2, 0.25) is 5.02 Å². The van der Waals surface area contributed by atoms with Crippen molar-refractivity contribution < 1.29 is 18.7 Å². The second kappa shape index (κ2) is 8.74. The normalized spacial score (nSPS) is 10.8. The molecule has 0 aromatic carbocycles. The van der Waals surface area contributed by atoms with Gasteiger partial charge in [0.15, 0.2) is 0 Å². The number of anilines is 1. The van der Waals surface area contributed by atoms with Gasteiger partial charge in [0.25, 0.3) is 12.3 Å². The second-order valence-electron chi connectivity index (χ2n) is 4.32. The molecule has 2 N–H and O–H groups in total. The lowest BCUT2D eigenvalue weighted by Gasteiger charge is -2.21. The molecule has 0 saturated heterocycles. The molecule has 0 aliphatic carbocycles. The van der Waals surface area contributed by atoms with Gasteiger partial charge in [-0.2, -0.15) is 0 Å². The first-order valence-corrected chi connectivity index (χ1v) is 6.96. The largest absolute Gasteiger partial charge is 0.395 e. The summed E-state index contributed by atoms with van der Waals surface area (Å²) >= 11 is 5.92. The SMILES string of the molecule is CCCNc1ccc(Cl)c(C(=O)N(CCO)CC(F)F)n1. The number of rotatable bonds is 8. The third kappa shape index (κ3) is 5.43. The Balaban J connectivity index is 2.96. The van der Waals surface area contributed by atoms with Gasteiger partial charge in [0.1, 0.15) is 11.5 Å². The van der Waals surface area contributed by atoms with Gasteiger partial charge < -0.3 is 15.3 Å². The number of halogens is 3. The second-order valence-corrected chi connectivity index (χ2v) is 4.73. The van der Waals surface area contributed by atoms with Gasteiger partial charge in [-0.15, -0.1) is 0 Å². The number of carbonyl (C=O) groups excluding carboxylic acids is 1. The first kappa shape index (κ1) is 17.6. The zero-order chi connectivity index (χ0) is 15.8. The minimum atomic E-state index is -2.69. The molecule has 0 bridgehead atoms. The molecular weight excluding hydrogens is 304 g/mol. The number of alkyl halides is 2. The molecule has 0 atom stereocenters. The Kier molecular flexibility index (Phi) is 7.31. The van der Waals surface area contributed by atoms with Crippen LogP contribution in [-0.4, -0.2) is 53.6 Å². The summed E-state index contributed by atoms with van der Waals surface area (Å²) in [6, 6.07) is 3.09. The van der Waals surface area contributed by atoms with Crippen molar-refractivity contribution in [1.29, 1.82) is 0 Å². The molecule has 0 fully saturated rings. The Morgan fingerprint density at radius 2 is 2.24 bits per heavy atom. The number of nitrogens with zero attached hydrogens (tertiary/aromatic N) is 2. The number of nitrogens with one attached hydrogen (secondary N) is 1. The monoisotopic (exact) mass is 321 g/mol. The molecule has 0 unspecified atom stereocenters. The third-order valence-electron chi connectivity index (χ3n) is 2.62. The molecule has 0 saturated carbocycles. The maximum atomic E-state index is 12.5. The van der Waals surface area contributed by atoms with Crippen molar-refractivity contribution in [2.24, 2.45) is 0 Å². The Morgan fingerprint density at radius 1 is 1.52 bits per heavy atom. The molecule has 8 heteroatoms. The number of hydrogen-bond acceptors (Lipinski definition) is 4. The van der Waals surface area contributed by atoms with Gasteiger partial charge >= 0.3 is 0 Å². The summed E-state index contributed by atoms with van der Waals surface area (Å²) in [5, 5.41) is 12.0. The highest BCUT2D eigenvalue weighted by Crippen LogP contribution is 2.19. The van der Waals surface area contributed by atoms with Gasteiger partial charge in [0.05, 0.1) is 18.2 Å². The van der Waals surface area contributed by atoms with Crippen LogP contribution < -0.4 is 5.32 Å². The summed E-state index contributed by atoms with van der Waals surface area (Å²) in [6.07, 6.45) is -1.82. The summed E-state index contributed by atoms with van der Waals surface area (Å²) in [5.41, 5.74) is -0.105. The van der Waals surface area contributed by atoms with E-state index in [2.05, 4.69) is 10.3 Å². The van der Waals surface area contributed by atoms with Crippen LogP contribution in [0.1, 0.15) is 23.8 Å². The predicted octanol–water partition coefficient (Wildman–Crippen LogP) is 2.26. The van der Waals surface area contributed by atoms with Crippen molar-refractivity contribution in [3.63, 3.8) is 0 Å². The van der Waals surface area contributed by atoms with Crippen molar-refractivity contribution >= 4 is 23.3 Å². The molecule has 1 rings (SSSR count). The standard InChI is InChI=1S/C13H18ClF2N3O2/c1-2-5-17-11-4-3-9(14)12(18-11)13(21)19(6-7-20)8-10(15)16/h3-4,10,20H,2,5-8H2,1H3,(H,17,18). The molecule has 1 heterocycles. The van der Waals surface area contributed by atoms with E-state index in [-0.39, 0.29) is 17.3 Å². The quantitative estimate of drug-likeness (QED) is 0.771. The van der Waals surface area contributed by atoms with Crippen LogP contribution in [0, 0.1) is 0 Å². The summed E-state index contributed by atoms with van der Waals surface area (Å²) in [4.78, 5) is 17.1. The third-order valence-corrected chi connectivity index (χ3v) is 2.93. The molecular formula is C13H18ClF2N3O2. The van der Waals surface area contributed by atoms with Gasteiger partial charge in [-0.25, -0.2) is 13.8 Å². The van der Waals surface area contributed by atoms with E-state index in [9.17, 15) is 13.6 Å². The van der Waals surface area contributed by atoms with Crippen LogP contribution in [0.3, 0.4) is 0 Å². The average molecular weight is 322 g/mol. The zero-order valence-corrected chi connectivity index (χ0v) is 12.4. The Morgan fingerprint density at radius 3 is 2.81 bits per heavy atom. The molecule has 118 valence electrons. The zero-order valence-electron chi connectivity index (χ0n) is 11.7. The summed E-state index contributed by atoms with van der Waals surface area (Å²) in [7, 11) is 0. The lowest BCUT2D eigenvalue weighted by molar-refractivity contribution is 0.0504. The van der Waals surface area contributed by atoms with Crippen molar-refractivity contribution in [1.82, 2.24) is 9.88 Å². The van der Waals surface area contributed by atoms with Crippen molar-refractivity contribution in [2.75, 3.05) is 31.6 Å². The van der Waals surface area contributed by atoms with Crippen LogP contribution in [0.4, 0.5) is 14.6 Å². The van der Waals surface area contributed by atoms with Crippen LogP contribution in [0.15, 0.2) is 12.1 Å². The molecule has 0 spiro atoms. The fraction of sp³-hybridized carbons (Fsp3) is 0.538. The lowest BCUT2D eigenvalue weighted by atomic mass is 10.3. The smallest absolute Gasteiger partial charge is 0.274 e. The topological polar surface area (TPSA) is 65.5 Å². The maximum Gasteiger partial charge on any atom is 0.274 e. The van der Waals surface area contributed by atoms with E-state index >= 15 is 0 Å². The first-order chi connectivity index (χ1) is 9.99. The maximum absolute atomic E-state index is 12.5. The molecule has 0 radical (unpaired) electrons. The summed E-state index contributed by atoms with van der Waals surface area (Å²) in [6.45, 7) is 1.25. The first-order valence-electron chi connectivity index (χ1n) is 6.58. The minimum absolute atomic E-state index is 0.0826. The molecule has 0 aliphatic heterocycles. The minimum Gasteiger partial charge on any atom is -0.395 e. The number of aromatic nitrogens is 1. The highest BCUT2D eigenvalue weighted by molar-refractivity contribution is 6.33. The van der Waals surface area contributed by atoms with Gasteiger partial charge in [0, 0.05) is 13.1 Å². The van der Waals surface area contributed by atoms with E-state index < -0.39 is 25.5 Å². The number of pyridine rings is 1. The molecule has 5 nitrogen and oxygen atoms in total. The van der Waals surface area contributed by atoms with Gasteiger partial charge in [0.2, 0.25) is 0 Å². The van der Waals surface area contributed by atoms with Gasteiger partial charge in [-0.1, -0.05) is 18.5 Å². The fourth-order valence-corrected chi connectivity index (χ4v) is 1.84. The number of aliphatic hydroxyl groups excluding tert-OH is 1. The molecule has 1 aromatic heterocycles. The van der Waals surface area contributed by atoms with E-state index in [1.54, 1.807) is 6.07 Å². The Bertz CT molecular complexity index is 475. The van der Waals surface area contributed by atoms with Crippen LogP contribution >= 0.6 is 11.6 Å². The van der Waals surface area contributed by atoms with Crippen molar-refractivity contribution in [3.05, 3.63) is 22.8 Å². The Labute approximate surface area is 126 Å². The van der Waals surface area contributed by atoms with Gasteiger partial charge in [-0.3, -0.25) is 4.79 Å². The lowest BCUT2D eigenvalue weighted by Crippen LogP contribution is -2.37. The van der Waals surface area contributed by atoms with Crippen LogP contribution in [0.25, 0.3) is 0 Å². The Hall–Kier alpha value is -1.47. The molecule has 1 amide bonds. The summed E-state index contributed by atoms with van der Waals surface area (Å²) in [5.74, 6) is -0.278. The van der Waals surface area contributed by atoms with E-state index in [4.69, 9.17) is 16.7 Å². The van der Waals surface area contributed by atoms with Gasteiger partial charge in [-0.05, 0) is 18.6 Å². The fourth-order valence-electron chi connectivity index (χ4n) is 1.66. The number of carbonyl (C=O) groups is 1. The molecule has 0 aliphatic rings. The van der Waals surface area contributed by atoms with E-state index in [0.29, 0.717) is 12.4 Å². The average Bonchev–Trinajstić information content (AvgIpc) is 2.45. The van der Waals surface area contributed by atoms with Crippen molar-refractivity contribution in [2.45, 2.75) is 19.8 Å².